The number of halogens is 1. The predicted octanol–water partition coefficient (Wildman–Crippen LogP) is 3.20. The van der Waals surface area contributed by atoms with Gasteiger partial charge in [0.05, 0.1) is 17.5 Å². The number of hydrogen-bond donors (Lipinski definition) is 4. The monoisotopic (exact) mass is 629 g/mol. The number of primary amides is 1. The molecule has 0 radical (unpaired) electrons. The van der Waals surface area contributed by atoms with Crippen LogP contribution in [0.2, 0.25) is 0 Å². The molecule has 46 heavy (non-hydrogen) atoms. The highest BCUT2D eigenvalue weighted by Crippen LogP contribution is 2.34. The second-order valence-corrected chi connectivity index (χ2v) is 12.3. The second kappa shape index (κ2) is 13.1. The first-order valence-electron chi connectivity index (χ1n) is 16.0. The van der Waals surface area contributed by atoms with Gasteiger partial charge in [-0.05, 0) is 57.0 Å². The zero-order valence-corrected chi connectivity index (χ0v) is 26.0. The average molecular weight is 630 g/mol. The summed E-state index contributed by atoms with van der Waals surface area (Å²) < 4.78 is 21.2. The van der Waals surface area contributed by atoms with Crippen LogP contribution in [0.3, 0.4) is 0 Å². The van der Waals surface area contributed by atoms with Gasteiger partial charge in [0.15, 0.2) is 23.0 Å². The molecular weight excluding hydrogens is 589 g/mol. The molecule has 3 aliphatic rings. The number of rotatable bonds is 8. The Kier molecular flexibility index (Phi) is 8.65. The Bertz CT molecular complexity index is 1690. The predicted molar refractivity (Wildman–Crippen MR) is 175 cm³/mol. The van der Waals surface area contributed by atoms with Crippen LogP contribution in [0.15, 0.2) is 36.8 Å². The van der Waals surface area contributed by atoms with Gasteiger partial charge in [0.25, 0.3) is 5.91 Å². The standard InChI is InChI=1S/C32H40FN11O2/c1-42-12-14-43(15-13-42)22-5-10-44(11-6-22)25-3-2-21(18-24(25)33)39-32-28(29(34)45)40-27(23-4-9-35-30-26(23)36-19-37-30)31(41-32)38-20-7-16-46-17-8-20/h2-4,9,18-20,22H,5-8,10-17H2,1H3,(H2,34,45)(H,35,36,37)(H2,38,39,41). The van der Waals surface area contributed by atoms with Gasteiger partial charge < -0.3 is 35.9 Å². The number of aromatic amines is 1. The average Bonchev–Trinajstić information content (AvgIpc) is 3.56. The maximum absolute atomic E-state index is 15.6. The largest absolute Gasteiger partial charge is 0.381 e. The van der Waals surface area contributed by atoms with Crippen LogP contribution in [0.4, 0.5) is 27.4 Å². The molecule has 4 aromatic rings. The normalized spacial score (nSPS) is 19.0. The van der Waals surface area contributed by atoms with E-state index in [9.17, 15) is 4.79 Å². The lowest BCUT2D eigenvalue weighted by molar-refractivity contribution is 0.0904. The number of nitrogens with zero attached hydrogens (tertiary/aromatic N) is 7. The van der Waals surface area contributed by atoms with Crippen LogP contribution >= 0.6 is 0 Å². The maximum atomic E-state index is 15.6. The van der Waals surface area contributed by atoms with Crippen LogP contribution in [0.5, 0.6) is 0 Å². The highest BCUT2D eigenvalue weighted by molar-refractivity contribution is 5.99. The number of hydrogen-bond acceptors (Lipinski definition) is 11. The Morgan fingerprint density at radius 3 is 2.52 bits per heavy atom. The van der Waals surface area contributed by atoms with Crippen molar-refractivity contribution in [2.75, 3.05) is 75.1 Å². The Morgan fingerprint density at radius 2 is 1.78 bits per heavy atom. The van der Waals surface area contributed by atoms with Crippen LogP contribution in [0.25, 0.3) is 22.4 Å². The van der Waals surface area contributed by atoms with Crippen LogP contribution in [-0.2, 0) is 4.74 Å². The topological polar surface area (TPSA) is 153 Å². The van der Waals surface area contributed by atoms with Crippen molar-refractivity contribution in [1.82, 2.24) is 34.7 Å². The number of benzene rings is 1. The summed E-state index contributed by atoms with van der Waals surface area (Å²) in [5.41, 5.74) is 9.06. The van der Waals surface area contributed by atoms with Crippen molar-refractivity contribution in [3.63, 3.8) is 0 Å². The Hall–Kier alpha value is -4.40. The molecule has 242 valence electrons. The molecule has 5 N–H and O–H groups in total. The number of carbonyl (C=O) groups excluding carboxylic acids is 1. The van der Waals surface area contributed by atoms with E-state index in [4.69, 9.17) is 20.4 Å². The van der Waals surface area contributed by atoms with Crippen LogP contribution in [-0.4, -0.2) is 112 Å². The van der Waals surface area contributed by atoms with E-state index in [0.29, 0.717) is 58.9 Å². The molecule has 0 bridgehead atoms. The van der Waals surface area contributed by atoms with Crippen molar-refractivity contribution in [2.45, 2.75) is 37.8 Å². The fourth-order valence-corrected chi connectivity index (χ4v) is 6.70. The molecule has 3 aromatic heterocycles. The minimum Gasteiger partial charge on any atom is -0.381 e. The van der Waals surface area contributed by atoms with E-state index in [-0.39, 0.29) is 23.4 Å². The smallest absolute Gasteiger partial charge is 0.271 e. The molecule has 3 saturated heterocycles. The van der Waals surface area contributed by atoms with Gasteiger partial charge >= 0.3 is 0 Å². The minimum absolute atomic E-state index is 0.0625. The number of amides is 1. The summed E-state index contributed by atoms with van der Waals surface area (Å²) in [4.78, 5) is 41.0. The molecular formula is C32H40FN11O2. The molecule has 3 aliphatic heterocycles. The number of fused-ring (bicyclic) bond motifs is 1. The zero-order valence-electron chi connectivity index (χ0n) is 26.0. The van der Waals surface area contributed by atoms with Crippen molar-refractivity contribution in [1.29, 1.82) is 0 Å². The van der Waals surface area contributed by atoms with Crippen LogP contribution in [0, 0.1) is 5.82 Å². The molecule has 0 saturated carbocycles. The van der Waals surface area contributed by atoms with Gasteiger partial charge in [-0.15, -0.1) is 0 Å². The molecule has 14 heteroatoms. The molecule has 0 aliphatic carbocycles. The molecule has 6 heterocycles. The first kappa shape index (κ1) is 30.3. The van der Waals surface area contributed by atoms with Crippen LogP contribution < -0.4 is 21.3 Å². The molecule has 3 fully saturated rings. The van der Waals surface area contributed by atoms with Crippen molar-refractivity contribution >= 4 is 40.1 Å². The van der Waals surface area contributed by atoms with E-state index in [1.165, 1.54) is 6.07 Å². The number of pyridine rings is 1. The number of nitrogens with one attached hydrogen (secondary N) is 3. The molecule has 1 aromatic carbocycles. The van der Waals surface area contributed by atoms with E-state index >= 15 is 4.39 Å². The number of ether oxygens (including phenoxy) is 1. The maximum Gasteiger partial charge on any atom is 0.271 e. The first-order valence-corrected chi connectivity index (χ1v) is 16.0. The quantitative estimate of drug-likeness (QED) is 0.227. The van der Waals surface area contributed by atoms with Gasteiger partial charge in [-0.3, -0.25) is 9.69 Å². The highest BCUT2D eigenvalue weighted by Gasteiger charge is 2.28. The lowest BCUT2D eigenvalue weighted by atomic mass is 10.0. The summed E-state index contributed by atoms with van der Waals surface area (Å²) in [6, 6.07) is 7.44. The number of H-pyrrole nitrogens is 1. The minimum atomic E-state index is -0.760. The van der Waals surface area contributed by atoms with Crippen molar-refractivity contribution in [2.24, 2.45) is 5.73 Å². The second-order valence-electron chi connectivity index (χ2n) is 12.3. The molecule has 0 spiro atoms. The molecule has 0 unspecified atom stereocenters. The van der Waals surface area contributed by atoms with E-state index in [0.717, 1.165) is 65.0 Å². The zero-order chi connectivity index (χ0) is 31.6. The van der Waals surface area contributed by atoms with Crippen molar-refractivity contribution < 1.29 is 13.9 Å². The van der Waals surface area contributed by atoms with Gasteiger partial charge in [-0.25, -0.2) is 24.3 Å². The Morgan fingerprint density at radius 1 is 1.00 bits per heavy atom. The summed E-state index contributed by atoms with van der Waals surface area (Å²) in [6.45, 7) is 7.25. The third-order valence-electron chi connectivity index (χ3n) is 9.34. The Labute approximate surface area is 266 Å². The van der Waals surface area contributed by atoms with E-state index in [1.54, 1.807) is 30.7 Å². The fraction of sp³-hybridized carbons (Fsp3) is 0.469. The van der Waals surface area contributed by atoms with Gasteiger partial charge in [-0.2, -0.15) is 0 Å². The number of anilines is 4. The number of piperazine rings is 1. The van der Waals surface area contributed by atoms with Gasteiger partial charge in [0.1, 0.15) is 11.5 Å². The lowest BCUT2D eigenvalue weighted by Crippen LogP contribution is -2.52. The van der Waals surface area contributed by atoms with Gasteiger partial charge in [0.2, 0.25) is 0 Å². The Balaban J connectivity index is 1.14. The van der Waals surface area contributed by atoms with Crippen molar-refractivity contribution in [3.05, 3.63) is 48.3 Å². The summed E-state index contributed by atoms with van der Waals surface area (Å²) in [5.74, 6) is -0.501. The highest BCUT2D eigenvalue weighted by atomic mass is 19.1. The molecule has 7 rings (SSSR count). The first-order chi connectivity index (χ1) is 22.4. The third kappa shape index (κ3) is 6.32. The summed E-state index contributed by atoms with van der Waals surface area (Å²) in [7, 11) is 2.17. The molecule has 1 amide bonds. The number of likely N-dealkylation sites (N-methyl/N-ethyl adjacent to an activating group) is 1. The lowest BCUT2D eigenvalue weighted by Gasteiger charge is -2.42. The van der Waals surface area contributed by atoms with E-state index in [2.05, 4.69) is 47.3 Å². The van der Waals surface area contributed by atoms with E-state index < -0.39 is 5.91 Å². The summed E-state index contributed by atoms with van der Waals surface area (Å²) in [5, 5.41) is 6.63. The summed E-state index contributed by atoms with van der Waals surface area (Å²) >= 11 is 0. The molecule has 13 nitrogen and oxygen atoms in total. The number of nitrogens with two attached hydrogens (primary N) is 1. The number of imidazole rings is 1. The van der Waals surface area contributed by atoms with Crippen molar-refractivity contribution in [3.8, 4) is 11.3 Å². The summed E-state index contributed by atoms with van der Waals surface area (Å²) in [6.07, 6.45) is 6.79. The number of aromatic nitrogens is 5. The van der Waals surface area contributed by atoms with E-state index in [1.807, 2.05) is 0 Å². The number of carbonyl (C=O) groups is 1. The fourth-order valence-electron chi connectivity index (χ4n) is 6.70. The van der Waals surface area contributed by atoms with Gasteiger partial charge in [0, 0.05) is 82.0 Å². The number of piperidine rings is 1. The van der Waals surface area contributed by atoms with Crippen LogP contribution in [0.1, 0.15) is 36.2 Å². The third-order valence-corrected chi connectivity index (χ3v) is 9.34. The van der Waals surface area contributed by atoms with Gasteiger partial charge in [-0.1, -0.05) is 0 Å². The molecule has 0 atom stereocenters. The SMILES string of the molecule is CN1CCN(C2CCN(c3ccc(Nc4nc(NC5CCOCC5)c(-c5ccnc6nc[nH]c56)nc4C(N)=O)cc3F)CC2)CC1.